The van der Waals surface area contributed by atoms with E-state index in [2.05, 4.69) is 38.8 Å². The second-order valence-electron chi connectivity index (χ2n) is 4.97. The van der Waals surface area contributed by atoms with Crippen molar-refractivity contribution >= 4 is 21.7 Å². The number of anilines is 1. The first-order chi connectivity index (χ1) is 7.19. The van der Waals surface area contributed by atoms with Crippen LogP contribution in [0.5, 0.6) is 0 Å². The van der Waals surface area contributed by atoms with Gasteiger partial charge in [-0.15, -0.1) is 0 Å². The van der Waals surface area contributed by atoms with Gasteiger partial charge in [0.2, 0.25) is 0 Å². The molecule has 3 heteroatoms. The van der Waals surface area contributed by atoms with Gasteiger partial charge in [0.1, 0.15) is 5.82 Å². The van der Waals surface area contributed by atoms with Crippen molar-refractivity contribution in [2.24, 2.45) is 5.41 Å². The molecule has 3 rings (SSSR count). The van der Waals surface area contributed by atoms with Crippen molar-refractivity contribution in [3.05, 3.63) is 22.3 Å². The van der Waals surface area contributed by atoms with Gasteiger partial charge in [0.15, 0.2) is 0 Å². The summed E-state index contributed by atoms with van der Waals surface area (Å²) in [4.78, 5) is 6.99. The maximum absolute atomic E-state index is 4.53. The van der Waals surface area contributed by atoms with Gasteiger partial charge in [0.05, 0.1) is 0 Å². The molecule has 0 radical (unpaired) electrons. The topological polar surface area (TPSA) is 16.1 Å². The minimum atomic E-state index is 0.682. The highest BCUT2D eigenvalue weighted by atomic mass is 79.9. The molecule has 1 saturated heterocycles. The summed E-state index contributed by atoms with van der Waals surface area (Å²) in [6, 6.07) is 2.15. The van der Waals surface area contributed by atoms with Crippen molar-refractivity contribution in [3.8, 4) is 0 Å². The second kappa shape index (κ2) is 3.21. The van der Waals surface area contributed by atoms with Crippen LogP contribution in [0.3, 0.4) is 0 Å². The first kappa shape index (κ1) is 9.64. The Bertz CT molecular complexity index is 399. The minimum Gasteiger partial charge on any atom is -0.356 e. The van der Waals surface area contributed by atoms with Crippen molar-refractivity contribution in [3.63, 3.8) is 0 Å². The normalized spacial score (nSPS) is 22.4. The molecule has 0 bridgehead atoms. The molecule has 2 heterocycles. The lowest BCUT2D eigenvalue weighted by Crippen LogP contribution is -2.22. The van der Waals surface area contributed by atoms with Crippen molar-refractivity contribution in [1.29, 1.82) is 0 Å². The van der Waals surface area contributed by atoms with Gasteiger partial charge in [-0.3, -0.25) is 0 Å². The predicted octanol–water partition coefficient (Wildman–Crippen LogP) is 3.14. The third-order valence-corrected chi connectivity index (χ3v) is 4.15. The van der Waals surface area contributed by atoms with Gasteiger partial charge in [-0.2, -0.15) is 0 Å². The molecule has 80 valence electrons. The van der Waals surface area contributed by atoms with Gasteiger partial charge in [-0.25, -0.2) is 4.98 Å². The number of hydrogen-bond acceptors (Lipinski definition) is 2. The molecule has 2 nitrogen and oxygen atoms in total. The number of halogens is 1. The number of hydrogen-bond donors (Lipinski definition) is 0. The molecule has 1 aromatic rings. The van der Waals surface area contributed by atoms with Crippen LogP contribution >= 0.6 is 15.9 Å². The highest BCUT2D eigenvalue weighted by Crippen LogP contribution is 2.53. The lowest BCUT2D eigenvalue weighted by Gasteiger charge is -2.19. The molecule has 1 aliphatic heterocycles. The second-order valence-corrected chi connectivity index (χ2v) is 5.88. The molecule has 0 unspecified atom stereocenters. The summed E-state index contributed by atoms with van der Waals surface area (Å²) in [7, 11) is 0. The molecule has 1 saturated carbocycles. The molecule has 0 aromatic carbocycles. The fourth-order valence-corrected chi connectivity index (χ4v) is 3.01. The molecule has 0 N–H and O–H groups in total. The monoisotopic (exact) mass is 266 g/mol. The predicted molar refractivity (Wildman–Crippen MR) is 65.2 cm³/mol. The van der Waals surface area contributed by atoms with E-state index in [4.69, 9.17) is 0 Å². The third-order valence-electron chi connectivity index (χ3n) is 3.71. The summed E-state index contributed by atoms with van der Waals surface area (Å²) >= 11 is 3.46. The Morgan fingerprint density at radius 2 is 2.20 bits per heavy atom. The number of nitrogens with zero attached hydrogens (tertiary/aromatic N) is 2. The van der Waals surface area contributed by atoms with Crippen LogP contribution in [0.25, 0.3) is 0 Å². The van der Waals surface area contributed by atoms with Crippen LogP contribution in [0.2, 0.25) is 0 Å². The Morgan fingerprint density at radius 3 is 2.80 bits per heavy atom. The maximum atomic E-state index is 4.53. The van der Waals surface area contributed by atoms with Gasteiger partial charge in [-0.05, 0) is 59.2 Å². The van der Waals surface area contributed by atoms with Crippen LogP contribution in [-0.2, 0) is 0 Å². The standard InChI is InChI=1S/C12H15BrN2/c1-9-6-10(13)7-14-11(9)15-5-4-12(8-15)2-3-12/h6-7H,2-5,8H2,1H3. The van der Waals surface area contributed by atoms with E-state index in [0.717, 1.165) is 4.47 Å². The average Bonchev–Trinajstić information content (AvgIpc) is 2.79. The third kappa shape index (κ3) is 1.67. The summed E-state index contributed by atoms with van der Waals surface area (Å²) in [6.07, 6.45) is 6.13. The first-order valence-electron chi connectivity index (χ1n) is 5.56. The number of rotatable bonds is 1. The molecular formula is C12H15BrN2. The summed E-state index contributed by atoms with van der Waals surface area (Å²) < 4.78 is 1.07. The minimum absolute atomic E-state index is 0.682. The zero-order chi connectivity index (χ0) is 10.5. The Kier molecular flexibility index (Phi) is 2.06. The smallest absolute Gasteiger partial charge is 0.131 e. The molecule has 0 amide bonds. The van der Waals surface area contributed by atoms with Crippen molar-refractivity contribution in [1.82, 2.24) is 4.98 Å². The fraction of sp³-hybridized carbons (Fsp3) is 0.583. The van der Waals surface area contributed by atoms with Gasteiger partial charge in [0, 0.05) is 23.8 Å². The number of pyridine rings is 1. The van der Waals surface area contributed by atoms with Gasteiger partial charge in [0.25, 0.3) is 0 Å². The molecule has 1 spiro atoms. The van der Waals surface area contributed by atoms with E-state index in [-0.39, 0.29) is 0 Å². The molecule has 1 aliphatic carbocycles. The van der Waals surface area contributed by atoms with Crippen LogP contribution < -0.4 is 4.90 Å². The average molecular weight is 267 g/mol. The largest absolute Gasteiger partial charge is 0.356 e. The van der Waals surface area contributed by atoms with Gasteiger partial charge in [-0.1, -0.05) is 0 Å². The zero-order valence-corrected chi connectivity index (χ0v) is 10.5. The summed E-state index contributed by atoms with van der Waals surface area (Å²) in [5, 5.41) is 0. The van der Waals surface area contributed by atoms with Crippen LogP contribution in [0, 0.1) is 12.3 Å². The summed E-state index contributed by atoms with van der Waals surface area (Å²) in [5.74, 6) is 1.18. The summed E-state index contributed by atoms with van der Waals surface area (Å²) in [6.45, 7) is 4.56. The molecule has 1 aromatic heterocycles. The molecule has 15 heavy (non-hydrogen) atoms. The fourth-order valence-electron chi connectivity index (χ4n) is 2.57. The Morgan fingerprint density at radius 1 is 1.40 bits per heavy atom. The number of aryl methyl sites for hydroxylation is 1. The van der Waals surface area contributed by atoms with Crippen molar-refractivity contribution in [2.45, 2.75) is 26.2 Å². The Hall–Kier alpha value is -0.570. The van der Waals surface area contributed by atoms with Crippen LogP contribution in [0.15, 0.2) is 16.7 Å². The molecule has 0 atom stereocenters. The van der Waals surface area contributed by atoms with Crippen molar-refractivity contribution in [2.75, 3.05) is 18.0 Å². The van der Waals surface area contributed by atoms with E-state index in [1.54, 1.807) is 0 Å². The van der Waals surface area contributed by atoms with Crippen LogP contribution in [-0.4, -0.2) is 18.1 Å². The molecule has 2 fully saturated rings. The maximum Gasteiger partial charge on any atom is 0.131 e. The molecule has 2 aliphatic rings. The highest BCUT2D eigenvalue weighted by molar-refractivity contribution is 9.10. The number of aromatic nitrogens is 1. The zero-order valence-electron chi connectivity index (χ0n) is 8.96. The lowest BCUT2D eigenvalue weighted by molar-refractivity contribution is 0.580. The summed E-state index contributed by atoms with van der Waals surface area (Å²) in [5.41, 5.74) is 1.96. The SMILES string of the molecule is Cc1cc(Br)cnc1N1CCC2(CC2)C1. The van der Waals surface area contributed by atoms with Gasteiger partial charge < -0.3 is 4.90 Å². The van der Waals surface area contributed by atoms with E-state index in [9.17, 15) is 0 Å². The van der Waals surface area contributed by atoms with Crippen LogP contribution in [0.1, 0.15) is 24.8 Å². The quantitative estimate of drug-likeness (QED) is 0.777. The van der Waals surface area contributed by atoms with E-state index in [0.29, 0.717) is 5.41 Å². The highest BCUT2D eigenvalue weighted by Gasteiger charge is 2.48. The van der Waals surface area contributed by atoms with E-state index >= 15 is 0 Å². The van der Waals surface area contributed by atoms with E-state index in [1.165, 1.54) is 43.7 Å². The van der Waals surface area contributed by atoms with Crippen LogP contribution in [0.4, 0.5) is 5.82 Å². The first-order valence-corrected chi connectivity index (χ1v) is 6.35. The Labute approximate surface area is 98.8 Å². The lowest BCUT2D eigenvalue weighted by atomic mass is 10.1. The van der Waals surface area contributed by atoms with E-state index in [1.807, 2.05) is 6.20 Å². The Balaban J connectivity index is 1.87. The van der Waals surface area contributed by atoms with E-state index < -0.39 is 0 Å². The molecular weight excluding hydrogens is 252 g/mol. The van der Waals surface area contributed by atoms with Gasteiger partial charge >= 0.3 is 0 Å². The van der Waals surface area contributed by atoms with Crippen molar-refractivity contribution < 1.29 is 0 Å².